The van der Waals surface area contributed by atoms with E-state index in [-0.39, 0.29) is 11.9 Å². The van der Waals surface area contributed by atoms with Gasteiger partial charge in [-0.15, -0.1) is 0 Å². The second-order valence-corrected chi connectivity index (χ2v) is 8.35. The van der Waals surface area contributed by atoms with Crippen molar-refractivity contribution in [2.45, 2.75) is 25.7 Å². The highest BCUT2D eigenvalue weighted by molar-refractivity contribution is 9.10. The Labute approximate surface area is 182 Å². The van der Waals surface area contributed by atoms with Crippen LogP contribution in [0.4, 0.5) is 10.5 Å². The summed E-state index contributed by atoms with van der Waals surface area (Å²) >= 11 is 9.69. The van der Waals surface area contributed by atoms with E-state index in [1.54, 1.807) is 6.07 Å². The Morgan fingerprint density at radius 1 is 1.24 bits per heavy atom. The number of carbonyl (C=O) groups excluding carboxylic acids is 1. The van der Waals surface area contributed by atoms with Crippen LogP contribution in [0.1, 0.15) is 30.2 Å². The van der Waals surface area contributed by atoms with Gasteiger partial charge in [-0.2, -0.15) is 4.98 Å². The summed E-state index contributed by atoms with van der Waals surface area (Å²) in [4.78, 5) is 18.9. The van der Waals surface area contributed by atoms with E-state index in [9.17, 15) is 4.79 Å². The largest absolute Gasteiger partial charge is 0.339 e. The maximum Gasteiger partial charge on any atom is 0.321 e. The van der Waals surface area contributed by atoms with Gasteiger partial charge >= 0.3 is 6.03 Å². The predicted octanol–water partition coefficient (Wildman–Crippen LogP) is 5.87. The molecule has 2 amide bonds. The molecule has 0 spiro atoms. The van der Waals surface area contributed by atoms with Crippen molar-refractivity contribution in [3.63, 3.8) is 0 Å². The number of benzene rings is 2. The molecule has 1 N–H and O–H groups in total. The summed E-state index contributed by atoms with van der Waals surface area (Å²) in [6, 6.07) is 13.1. The molecule has 2 aromatic carbocycles. The van der Waals surface area contributed by atoms with Crippen molar-refractivity contribution in [1.29, 1.82) is 0 Å². The van der Waals surface area contributed by atoms with Gasteiger partial charge in [-0.25, -0.2) is 4.79 Å². The molecular weight excluding hydrogens is 456 g/mol. The molecule has 0 aliphatic carbocycles. The van der Waals surface area contributed by atoms with Crippen LogP contribution in [0.25, 0.3) is 11.4 Å². The third-order valence-electron chi connectivity index (χ3n) is 5.10. The van der Waals surface area contributed by atoms with Gasteiger partial charge in [0.05, 0.1) is 5.02 Å². The van der Waals surface area contributed by atoms with Crippen molar-refractivity contribution in [2.24, 2.45) is 0 Å². The summed E-state index contributed by atoms with van der Waals surface area (Å²) < 4.78 is 6.51. The lowest BCUT2D eigenvalue weighted by Gasteiger charge is -2.30. The van der Waals surface area contributed by atoms with E-state index < -0.39 is 0 Å². The number of hydrogen-bond acceptors (Lipinski definition) is 4. The van der Waals surface area contributed by atoms with E-state index in [1.807, 2.05) is 48.2 Å². The smallest absolute Gasteiger partial charge is 0.321 e. The van der Waals surface area contributed by atoms with Crippen LogP contribution in [0.3, 0.4) is 0 Å². The van der Waals surface area contributed by atoms with E-state index in [0.717, 1.165) is 34.1 Å². The zero-order valence-electron chi connectivity index (χ0n) is 15.9. The molecule has 0 unspecified atom stereocenters. The summed E-state index contributed by atoms with van der Waals surface area (Å²) in [5.41, 5.74) is 2.62. The van der Waals surface area contributed by atoms with Gasteiger partial charge < -0.3 is 14.7 Å². The number of rotatable bonds is 3. The van der Waals surface area contributed by atoms with E-state index in [1.165, 1.54) is 0 Å². The topological polar surface area (TPSA) is 71.3 Å². The highest BCUT2D eigenvalue weighted by atomic mass is 79.9. The lowest BCUT2D eigenvalue weighted by molar-refractivity contribution is 0.187. The SMILES string of the molecule is Cc1cc(NC(=O)N2CCC(c3nc(-c4ccccc4Cl)no3)CC2)ccc1Br. The number of urea groups is 1. The lowest BCUT2D eigenvalue weighted by atomic mass is 9.97. The van der Waals surface area contributed by atoms with Gasteiger partial charge in [0.2, 0.25) is 11.7 Å². The second-order valence-electron chi connectivity index (χ2n) is 7.09. The number of nitrogens with one attached hydrogen (secondary N) is 1. The summed E-state index contributed by atoms with van der Waals surface area (Å²) in [6.07, 6.45) is 1.55. The maximum absolute atomic E-state index is 12.6. The number of halogens is 2. The molecule has 1 aliphatic rings. The van der Waals surface area contributed by atoms with Gasteiger partial charge in [0.15, 0.2) is 0 Å². The Morgan fingerprint density at radius 2 is 2.00 bits per heavy atom. The number of nitrogens with zero attached hydrogens (tertiary/aromatic N) is 3. The molecule has 1 aromatic heterocycles. The zero-order valence-corrected chi connectivity index (χ0v) is 18.2. The van der Waals surface area contributed by atoms with Gasteiger partial charge in [0, 0.05) is 34.7 Å². The molecule has 1 saturated heterocycles. The average Bonchev–Trinajstić information content (AvgIpc) is 3.21. The summed E-state index contributed by atoms with van der Waals surface area (Å²) in [7, 11) is 0. The van der Waals surface area contributed by atoms with Crippen molar-refractivity contribution < 1.29 is 9.32 Å². The molecule has 4 rings (SSSR count). The fraction of sp³-hybridized carbons (Fsp3) is 0.286. The third kappa shape index (κ3) is 4.46. The number of likely N-dealkylation sites (tertiary alicyclic amines) is 1. The Hall–Kier alpha value is -2.38. The van der Waals surface area contributed by atoms with Gasteiger partial charge in [-0.3, -0.25) is 0 Å². The first-order valence-corrected chi connectivity index (χ1v) is 10.6. The first-order valence-electron chi connectivity index (χ1n) is 9.42. The molecule has 0 atom stereocenters. The van der Waals surface area contributed by atoms with Crippen molar-refractivity contribution in [1.82, 2.24) is 15.0 Å². The standard InChI is InChI=1S/C21H20BrClN4O2/c1-13-12-15(6-7-17(13)22)24-21(28)27-10-8-14(9-11-27)20-25-19(26-29-20)16-4-2-3-5-18(16)23/h2-7,12,14H,8-11H2,1H3,(H,24,28). The molecule has 2 heterocycles. The van der Waals surface area contributed by atoms with E-state index in [0.29, 0.717) is 29.8 Å². The number of carbonyl (C=O) groups is 1. The van der Waals surface area contributed by atoms with Crippen LogP contribution in [-0.4, -0.2) is 34.2 Å². The first-order chi connectivity index (χ1) is 14.0. The average molecular weight is 476 g/mol. The minimum atomic E-state index is -0.0903. The van der Waals surface area contributed by atoms with Crippen LogP contribution in [0, 0.1) is 6.92 Å². The van der Waals surface area contributed by atoms with Crippen LogP contribution >= 0.6 is 27.5 Å². The van der Waals surface area contributed by atoms with Crippen LogP contribution in [0.5, 0.6) is 0 Å². The Morgan fingerprint density at radius 3 is 2.72 bits per heavy atom. The van der Waals surface area contributed by atoms with Gasteiger partial charge in [0.1, 0.15) is 0 Å². The normalized spacial score (nSPS) is 14.8. The molecule has 8 heteroatoms. The van der Waals surface area contributed by atoms with Gasteiger partial charge in [-0.1, -0.05) is 44.8 Å². The highest BCUT2D eigenvalue weighted by Crippen LogP contribution is 2.31. The molecule has 6 nitrogen and oxygen atoms in total. The van der Waals surface area contributed by atoms with Crippen molar-refractivity contribution in [3.8, 4) is 11.4 Å². The van der Waals surface area contributed by atoms with Crippen LogP contribution < -0.4 is 5.32 Å². The Balaban J connectivity index is 1.36. The van der Waals surface area contributed by atoms with Crippen molar-refractivity contribution in [3.05, 3.63) is 63.4 Å². The Bertz CT molecular complexity index is 1030. The van der Waals surface area contributed by atoms with Crippen LogP contribution in [-0.2, 0) is 0 Å². The molecule has 150 valence electrons. The zero-order chi connectivity index (χ0) is 20.4. The maximum atomic E-state index is 12.6. The lowest BCUT2D eigenvalue weighted by Crippen LogP contribution is -2.40. The van der Waals surface area contributed by atoms with E-state index in [4.69, 9.17) is 16.1 Å². The minimum absolute atomic E-state index is 0.0903. The van der Waals surface area contributed by atoms with E-state index >= 15 is 0 Å². The Kier molecular flexibility index (Phi) is 5.87. The monoisotopic (exact) mass is 474 g/mol. The number of anilines is 1. The number of aryl methyl sites for hydroxylation is 1. The number of aromatic nitrogens is 2. The molecule has 29 heavy (non-hydrogen) atoms. The summed E-state index contributed by atoms with van der Waals surface area (Å²) in [5, 5.41) is 7.64. The molecule has 0 radical (unpaired) electrons. The van der Waals surface area contributed by atoms with Crippen LogP contribution in [0.2, 0.25) is 5.02 Å². The van der Waals surface area contributed by atoms with Gasteiger partial charge in [0.25, 0.3) is 0 Å². The summed E-state index contributed by atoms with van der Waals surface area (Å²) in [5.74, 6) is 1.23. The molecule has 0 saturated carbocycles. The highest BCUT2D eigenvalue weighted by Gasteiger charge is 2.28. The number of piperidine rings is 1. The van der Waals surface area contributed by atoms with E-state index in [2.05, 4.69) is 31.4 Å². The minimum Gasteiger partial charge on any atom is -0.339 e. The van der Waals surface area contributed by atoms with Crippen molar-refractivity contribution in [2.75, 3.05) is 18.4 Å². The molecule has 1 fully saturated rings. The quantitative estimate of drug-likeness (QED) is 0.514. The van der Waals surface area contributed by atoms with Crippen LogP contribution in [0.15, 0.2) is 51.5 Å². The fourth-order valence-corrected chi connectivity index (χ4v) is 3.87. The second kappa shape index (κ2) is 8.55. The molecular formula is C21H20BrClN4O2. The predicted molar refractivity (Wildman–Crippen MR) is 116 cm³/mol. The fourth-order valence-electron chi connectivity index (χ4n) is 3.41. The van der Waals surface area contributed by atoms with Gasteiger partial charge in [-0.05, 0) is 55.7 Å². The number of amides is 2. The van der Waals surface area contributed by atoms with Crippen molar-refractivity contribution >= 4 is 39.2 Å². The third-order valence-corrected chi connectivity index (χ3v) is 6.32. The summed E-state index contributed by atoms with van der Waals surface area (Å²) in [6.45, 7) is 3.26. The first kappa shape index (κ1) is 19.9. The molecule has 1 aliphatic heterocycles. The molecule has 3 aromatic rings. The number of hydrogen-bond donors (Lipinski definition) is 1. The molecule has 0 bridgehead atoms.